The summed E-state index contributed by atoms with van der Waals surface area (Å²) in [4.78, 5) is 31.0. The smallest absolute Gasteiger partial charge is 0.426 e. The first-order valence-electron chi connectivity index (χ1n) is 21.2. The van der Waals surface area contributed by atoms with Crippen molar-refractivity contribution in [3.05, 3.63) is 140 Å². The fourth-order valence-corrected chi connectivity index (χ4v) is 9.55. The largest absolute Gasteiger partial charge is 0.934 e. The van der Waals surface area contributed by atoms with Gasteiger partial charge in [0.2, 0.25) is 0 Å². The van der Waals surface area contributed by atoms with Gasteiger partial charge < -0.3 is 9.72 Å². The lowest BCUT2D eigenvalue weighted by molar-refractivity contribution is -0.343. The number of ketones is 1. The number of nitrogens with zero attached hydrogens (tertiary/aromatic N) is 1. The Morgan fingerprint density at radius 3 is 1.84 bits per heavy atom. The summed E-state index contributed by atoms with van der Waals surface area (Å²) < 4.78 is 36.2. The number of hydrogen-bond acceptors (Lipinski definition) is 3. The van der Waals surface area contributed by atoms with Crippen molar-refractivity contribution in [2.75, 3.05) is 0 Å². The number of halogens is 2. The maximum Gasteiger partial charge on any atom is 0.934 e. The van der Waals surface area contributed by atoms with Gasteiger partial charge >= 0.3 is 13.4 Å². The zero-order valence-electron chi connectivity index (χ0n) is 37.4. The Hall–Kier alpha value is -5.89. The van der Waals surface area contributed by atoms with Crippen LogP contribution in [0.1, 0.15) is 123 Å². The Kier molecular flexibility index (Phi) is 10.2. The van der Waals surface area contributed by atoms with Gasteiger partial charge in [0.1, 0.15) is 5.75 Å². The number of H-pyrrole nitrogens is 1. The molecule has 310 valence electrons. The molecular formula is C53H54BF2N2O3+. The van der Waals surface area contributed by atoms with Crippen LogP contribution in [-0.4, -0.2) is 34.3 Å². The maximum atomic E-state index is 14.6. The molecule has 0 spiro atoms. The van der Waals surface area contributed by atoms with Crippen LogP contribution in [-0.2, 0) is 15.6 Å². The molecule has 0 unspecified atom stereocenters. The van der Waals surface area contributed by atoms with E-state index in [9.17, 15) is 18.2 Å². The summed E-state index contributed by atoms with van der Waals surface area (Å²) in [7, 11) is -2.73. The van der Waals surface area contributed by atoms with Crippen molar-refractivity contribution in [3.63, 3.8) is 0 Å². The molecule has 8 heteroatoms. The highest BCUT2D eigenvalue weighted by atomic mass is 19.2. The molecule has 7 aromatic rings. The van der Waals surface area contributed by atoms with Crippen molar-refractivity contribution in [2.24, 2.45) is 0 Å². The molecule has 0 saturated carbocycles. The molecule has 5 nitrogen and oxygen atoms in total. The van der Waals surface area contributed by atoms with Crippen LogP contribution in [0.15, 0.2) is 90.1 Å². The normalized spacial score (nSPS) is 14.6. The molecule has 0 atom stereocenters. The Morgan fingerprint density at radius 2 is 1.28 bits per heavy atom. The molecule has 61 heavy (non-hydrogen) atoms. The summed E-state index contributed by atoms with van der Waals surface area (Å²) >= 11 is 0. The van der Waals surface area contributed by atoms with Crippen LogP contribution in [0.25, 0.3) is 48.7 Å². The Balaban J connectivity index is 1.12. The van der Waals surface area contributed by atoms with E-state index in [2.05, 4.69) is 82.9 Å². The number of rotatable bonds is 8. The molecule has 0 amide bonds. The third-order valence-electron chi connectivity index (χ3n) is 12.5. The predicted octanol–water partition coefficient (Wildman–Crippen LogP) is 13.6. The van der Waals surface area contributed by atoms with Gasteiger partial charge in [0.05, 0.1) is 17.7 Å². The van der Waals surface area contributed by atoms with Gasteiger partial charge in [-0.05, 0) is 152 Å². The van der Waals surface area contributed by atoms with Crippen molar-refractivity contribution in [1.29, 1.82) is 0 Å². The lowest BCUT2D eigenvalue weighted by Crippen LogP contribution is -2.25. The quantitative estimate of drug-likeness (QED) is 0.0415. The van der Waals surface area contributed by atoms with Gasteiger partial charge in [-0.1, -0.05) is 84.0 Å². The summed E-state index contributed by atoms with van der Waals surface area (Å²) in [5.74, 6) is -0.314. The minimum atomic E-state index is -2.73. The molecule has 0 bridgehead atoms. The fraction of sp³-hybridized carbons (Fsp3) is 0.302. The first kappa shape index (κ1) is 41.8. The molecule has 0 saturated heterocycles. The highest BCUT2D eigenvalue weighted by Crippen LogP contribution is 2.45. The number of hydrogen-bond donors (Lipinski definition) is 1. The van der Waals surface area contributed by atoms with Gasteiger partial charge in [0.25, 0.3) is 0 Å². The van der Waals surface area contributed by atoms with Crippen LogP contribution >= 0.6 is 0 Å². The molecule has 2 heterocycles. The number of allylic oxidation sites excluding steroid dienone is 2. The van der Waals surface area contributed by atoms with Crippen molar-refractivity contribution >= 4 is 73.5 Å². The summed E-state index contributed by atoms with van der Waals surface area (Å²) in [5.41, 5.74) is 10.2. The number of benzene rings is 6. The van der Waals surface area contributed by atoms with Gasteiger partial charge in [0, 0.05) is 36.3 Å². The number of aromatic amines is 1. The lowest BCUT2D eigenvalue weighted by Gasteiger charge is -2.25. The molecule has 0 aliphatic carbocycles. The van der Waals surface area contributed by atoms with Crippen LogP contribution < -0.4 is 4.74 Å². The molecule has 0 radical (unpaired) electrons. The topological polar surface area (TPSA) is 62.2 Å². The van der Waals surface area contributed by atoms with Crippen molar-refractivity contribution in [3.8, 4) is 5.75 Å². The maximum absolute atomic E-state index is 14.6. The molecule has 0 fully saturated rings. The first-order chi connectivity index (χ1) is 28.6. The van der Waals surface area contributed by atoms with E-state index in [0.29, 0.717) is 28.3 Å². The standard InChI is InChI=1S/C53H53BF2N2O3/c1-28-22-37(23-29(2)46(28)49(50-30(3)20-32(5)57-50)51-31(4)21-33(6)58(51)54(55)56)61-45(60)19-18-44(59)38-16-17-41-43-27-36(53(10,11)12)25-34-24-35(52(7,8)9)26-42(47(34)43)40-15-13-14-39(38)48(40)41/h13-17,20-27H,18-19H2,1-12H3/p+1. The van der Waals surface area contributed by atoms with Crippen LogP contribution in [0.4, 0.5) is 8.63 Å². The molecule has 1 aliphatic rings. The van der Waals surface area contributed by atoms with E-state index in [1.807, 2.05) is 58.9 Å². The van der Waals surface area contributed by atoms with Crippen LogP contribution in [0, 0.1) is 27.7 Å². The summed E-state index contributed by atoms with van der Waals surface area (Å²) in [6.07, 6.45) is 1.66. The minimum absolute atomic E-state index is 0.0192. The lowest BCUT2D eigenvalue weighted by atomic mass is 9.79. The van der Waals surface area contributed by atoms with E-state index < -0.39 is 13.4 Å². The van der Waals surface area contributed by atoms with Crippen molar-refractivity contribution in [1.82, 2.24) is 4.98 Å². The van der Waals surface area contributed by atoms with Crippen molar-refractivity contribution in [2.45, 2.75) is 107 Å². The number of carbonyl (C=O) groups excluding carboxylic acids is 2. The Labute approximate surface area is 357 Å². The third-order valence-corrected chi connectivity index (χ3v) is 12.5. The van der Waals surface area contributed by atoms with Gasteiger partial charge in [-0.15, -0.1) is 0 Å². The number of esters is 1. The van der Waals surface area contributed by atoms with Crippen molar-refractivity contribution < 1.29 is 27.4 Å². The molecule has 6 aromatic carbocycles. The van der Waals surface area contributed by atoms with Gasteiger partial charge in [-0.2, -0.15) is 0 Å². The first-order valence-corrected chi connectivity index (χ1v) is 21.2. The van der Waals surface area contributed by atoms with Crippen LogP contribution in [0.5, 0.6) is 5.75 Å². The number of Topliss-reactive ketones (excluding diaryl/α,β-unsaturated/α-hetero) is 1. The molecule has 1 aliphatic heterocycles. The Morgan fingerprint density at radius 1 is 0.689 bits per heavy atom. The molecule has 8 rings (SSSR count). The Bertz CT molecular complexity index is 3000. The van der Waals surface area contributed by atoms with E-state index >= 15 is 0 Å². The summed E-state index contributed by atoms with van der Waals surface area (Å²) in [6.45, 7) is 24.7. The van der Waals surface area contributed by atoms with Gasteiger partial charge in [-0.3, -0.25) is 9.59 Å². The number of fused-ring (bicyclic) bond motifs is 2. The van der Waals surface area contributed by atoms with Gasteiger partial charge in [-0.25, -0.2) is 13.1 Å². The molecule has 1 N–H and O–H groups in total. The number of aromatic nitrogens is 1. The van der Waals surface area contributed by atoms with E-state index in [-0.39, 0.29) is 29.5 Å². The highest BCUT2D eigenvalue weighted by Gasteiger charge is 2.45. The number of nitrogens with one attached hydrogen (secondary N) is 1. The fourth-order valence-electron chi connectivity index (χ4n) is 9.55. The zero-order valence-corrected chi connectivity index (χ0v) is 37.4. The average Bonchev–Trinajstić information content (AvgIpc) is 3.67. The number of aryl methyl sites for hydroxylation is 4. The second-order valence-corrected chi connectivity index (χ2v) is 19.2. The monoisotopic (exact) mass is 815 g/mol. The SMILES string of the molecule is CC1=CC(C)=[N+](B(F)F)/C1=C(\c1[nH]c(C)cc1C)c1c(C)cc(OC(=O)CCC(=O)c2ccc3c4cc(C(C)(C)C)cc5cc(C(C)(C)C)cc(c6cccc2c63)c54)cc1C. The average molecular weight is 816 g/mol. The van der Waals surface area contributed by atoms with Crippen LogP contribution in [0.2, 0.25) is 0 Å². The minimum Gasteiger partial charge on any atom is -0.426 e. The predicted molar refractivity (Wildman–Crippen MR) is 249 cm³/mol. The second kappa shape index (κ2) is 14.9. The molecule has 1 aromatic heterocycles. The van der Waals surface area contributed by atoms with Crippen LogP contribution in [0.3, 0.4) is 0 Å². The van der Waals surface area contributed by atoms with E-state index in [0.717, 1.165) is 65.2 Å². The van der Waals surface area contributed by atoms with E-state index in [1.54, 1.807) is 25.1 Å². The number of carbonyl (C=O) groups is 2. The molecular weight excluding hydrogens is 761 g/mol. The zero-order chi connectivity index (χ0) is 44.0. The summed E-state index contributed by atoms with van der Waals surface area (Å²) in [6, 6.07) is 25.1. The van der Waals surface area contributed by atoms with E-state index in [4.69, 9.17) is 4.74 Å². The number of ether oxygens (including phenoxy) is 1. The van der Waals surface area contributed by atoms with Gasteiger partial charge in [0.15, 0.2) is 17.2 Å². The third kappa shape index (κ3) is 7.28. The highest BCUT2D eigenvalue weighted by molar-refractivity contribution is 6.36. The summed E-state index contributed by atoms with van der Waals surface area (Å²) in [5, 5.41) is 8.96. The van der Waals surface area contributed by atoms with E-state index in [1.165, 1.54) is 32.7 Å². The second-order valence-electron chi connectivity index (χ2n) is 19.2.